The Hall–Kier alpha value is -1.35. The van der Waals surface area contributed by atoms with Crippen LogP contribution >= 0.6 is 0 Å². The minimum atomic E-state index is -0.402. The second-order valence-electron chi connectivity index (χ2n) is 5.83. The van der Waals surface area contributed by atoms with Crippen LogP contribution in [0.5, 0.6) is 0 Å². The van der Waals surface area contributed by atoms with E-state index in [2.05, 4.69) is 29.6 Å². The van der Waals surface area contributed by atoms with Gasteiger partial charge in [-0.25, -0.2) is 0 Å². The molecular weight excluding hydrogens is 226 g/mol. The van der Waals surface area contributed by atoms with E-state index in [1.807, 2.05) is 26.8 Å². The van der Waals surface area contributed by atoms with E-state index in [4.69, 9.17) is 4.74 Å². The number of nitrogens with one attached hydrogen (secondary N) is 1. The van der Waals surface area contributed by atoms with E-state index in [1.165, 1.54) is 5.56 Å². The van der Waals surface area contributed by atoms with Gasteiger partial charge in [0.05, 0.1) is 6.54 Å². The molecule has 1 aromatic carbocycles. The third-order valence-corrected chi connectivity index (χ3v) is 2.95. The quantitative estimate of drug-likeness (QED) is 0.831. The first kappa shape index (κ1) is 13.1. The summed E-state index contributed by atoms with van der Waals surface area (Å²) in [6.07, 6.45) is 1.10. The molecule has 0 aliphatic heterocycles. The number of carbonyl (C=O) groups is 1. The second-order valence-corrected chi connectivity index (χ2v) is 5.83. The summed E-state index contributed by atoms with van der Waals surface area (Å²) in [6.45, 7) is 5.95. The maximum atomic E-state index is 11.5. The largest absolute Gasteiger partial charge is 0.459 e. The van der Waals surface area contributed by atoms with Crippen LogP contribution in [0.4, 0.5) is 0 Å². The Morgan fingerprint density at radius 2 is 2.00 bits per heavy atom. The van der Waals surface area contributed by atoms with Crippen molar-refractivity contribution in [3.05, 3.63) is 35.9 Å². The van der Waals surface area contributed by atoms with Crippen molar-refractivity contribution in [1.82, 2.24) is 5.32 Å². The van der Waals surface area contributed by atoms with Crippen molar-refractivity contribution in [3.63, 3.8) is 0 Å². The van der Waals surface area contributed by atoms with Gasteiger partial charge in [-0.3, -0.25) is 4.79 Å². The smallest absolute Gasteiger partial charge is 0.320 e. The van der Waals surface area contributed by atoms with Gasteiger partial charge in [0, 0.05) is 12.0 Å². The van der Waals surface area contributed by atoms with Gasteiger partial charge in [0.1, 0.15) is 5.60 Å². The van der Waals surface area contributed by atoms with Gasteiger partial charge in [-0.1, -0.05) is 30.3 Å². The molecule has 2 atom stereocenters. The number of hydrogen-bond donors (Lipinski definition) is 1. The van der Waals surface area contributed by atoms with Gasteiger partial charge in [-0.2, -0.15) is 0 Å². The fourth-order valence-corrected chi connectivity index (χ4v) is 2.08. The maximum Gasteiger partial charge on any atom is 0.320 e. The van der Waals surface area contributed by atoms with Crippen molar-refractivity contribution in [2.75, 3.05) is 6.54 Å². The molecule has 0 heterocycles. The molecule has 1 saturated carbocycles. The van der Waals surface area contributed by atoms with Crippen LogP contribution in [0.25, 0.3) is 0 Å². The third kappa shape index (κ3) is 3.84. The summed E-state index contributed by atoms with van der Waals surface area (Å²) in [4.78, 5) is 11.5. The normalized spacial score (nSPS) is 22.6. The van der Waals surface area contributed by atoms with E-state index in [1.54, 1.807) is 0 Å². The van der Waals surface area contributed by atoms with E-state index in [0.717, 1.165) is 6.42 Å². The van der Waals surface area contributed by atoms with Crippen LogP contribution in [-0.4, -0.2) is 24.2 Å². The van der Waals surface area contributed by atoms with Gasteiger partial charge in [-0.05, 0) is 32.8 Å². The molecule has 0 spiro atoms. The van der Waals surface area contributed by atoms with Crippen LogP contribution in [-0.2, 0) is 9.53 Å². The van der Waals surface area contributed by atoms with Crippen molar-refractivity contribution in [1.29, 1.82) is 0 Å². The zero-order valence-electron chi connectivity index (χ0n) is 11.3. The minimum absolute atomic E-state index is 0.179. The molecule has 1 N–H and O–H groups in total. The van der Waals surface area contributed by atoms with Crippen LogP contribution in [0.2, 0.25) is 0 Å². The van der Waals surface area contributed by atoms with Gasteiger partial charge >= 0.3 is 5.97 Å². The number of hydrogen-bond acceptors (Lipinski definition) is 3. The lowest BCUT2D eigenvalue weighted by Crippen LogP contribution is -2.32. The molecular formula is C15H21NO2. The predicted molar refractivity (Wildman–Crippen MR) is 71.4 cm³/mol. The SMILES string of the molecule is CC(C)(C)OC(=O)CNC1CC1c1ccccc1. The average Bonchev–Trinajstić information content (AvgIpc) is 3.05. The number of carbonyl (C=O) groups excluding carboxylic acids is 1. The van der Waals surface area contributed by atoms with Gasteiger partial charge < -0.3 is 10.1 Å². The summed E-state index contributed by atoms with van der Waals surface area (Å²) >= 11 is 0. The Bertz CT molecular complexity index is 408. The fraction of sp³-hybridized carbons (Fsp3) is 0.533. The highest BCUT2D eigenvalue weighted by Crippen LogP contribution is 2.40. The van der Waals surface area contributed by atoms with Crippen LogP contribution in [0.1, 0.15) is 38.7 Å². The van der Waals surface area contributed by atoms with Crippen LogP contribution in [0.15, 0.2) is 30.3 Å². The van der Waals surface area contributed by atoms with E-state index in [-0.39, 0.29) is 5.97 Å². The molecule has 1 aliphatic carbocycles. The van der Waals surface area contributed by atoms with Crippen molar-refractivity contribution < 1.29 is 9.53 Å². The molecule has 0 amide bonds. The Morgan fingerprint density at radius 3 is 2.61 bits per heavy atom. The van der Waals surface area contributed by atoms with E-state index in [0.29, 0.717) is 18.5 Å². The summed E-state index contributed by atoms with van der Waals surface area (Å²) in [5, 5.41) is 3.25. The summed E-state index contributed by atoms with van der Waals surface area (Å²) in [7, 11) is 0. The molecule has 1 aromatic rings. The van der Waals surface area contributed by atoms with Crippen molar-refractivity contribution in [3.8, 4) is 0 Å². The number of benzene rings is 1. The lowest BCUT2D eigenvalue weighted by Gasteiger charge is -2.19. The number of esters is 1. The number of rotatable bonds is 4. The van der Waals surface area contributed by atoms with E-state index in [9.17, 15) is 4.79 Å². The molecule has 2 rings (SSSR count). The van der Waals surface area contributed by atoms with Crippen LogP contribution in [0.3, 0.4) is 0 Å². The average molecular weight is 247 g/mol. The summed E-state index contributed by atoms with van der Waals surface area (Å²) < 4.78 is 5.26. The first-order valence-electron chi connectivity index (χ1n) is 6.46. The molecule has 0 radical (unpaired) electrons. The summed E-state index contributed by atoms with van der Waals surface area (Å²) in [5.74, 6) is 0.370. The Labute approximate surface area is 109 Å². The number of ether oxygens (including phenoxy) is 1. The summed E-state index contributed by atoms with van der Waals surface area (Å²) in [5.41, 5.74) is 0.945. The molecule has 3 heteroatoms. The van der Waals surface area contributed by atoms with Crippen molar-refractivity contribution >= 4 is 5.97 Å². The van der Waals surface area contributed by atoms with Gasteiger partial charge in [-0.15, -0.1) is 0 Å². The zero-order valence-corrected chi connectivity index (χ0v) is 11.3. The Kier molecular flexibility index (Phi) is 3.71. The monoisotopic (exact) mass is 247 g/mol. The van der Waals surface area contributed by atoms with Crippen molar-refractivity contribution in [2.45, 2.75) is 44.8 Å². The fourth-order valence-electron chi connectivity index (χ4n) is 2.08. The Balaban J connectivity index is 1.73. The Morgan fingerprint density at radius 1 is 1.33 bits per heavy atom. The van der Waals surface area contributed by atoms with E-state index < -0.39 is 5.60 Å². The standard InChI is InChI=1S/C15H21NO2/c1-15(2,3)18-14(17)10-16-13-9-12(13)11-7-5-4-6-8-11/h4-8,12-13,16H,9-10H2,1-3H3. The van der Waals surface area contributed by atoms with Crippen molar-refractivity contribution in [2.24, 2.45) is 0 Å². The lowest BCUT2D eigenvalue weighted by atomic mass is 10.1. The topological polar surface area (TPSA) is 38.3 Å². The van der Waals surface area contributed by atoms with Crippen LogP contribution < -0.4 is 5.32 Å². The molecule has 98 valence electrons. The highest BCUT2D eigenvalue weighted by atomic mass is 16.6. The zero-order chi connectivity index (χ0) is 13.2. The molecule has 0 saturated heterocycles. The first-order chi connectivity index (χ1) is 8.46. The molecule has 18 heavy (non-hydrogen) atoms. The molecule has 0 bridgehead atoms. The minimum Gasteiger partial charge on any atom is -0.459 e. The highest BCUT2D eigenvalue weighted by Gasteiger charge is 2.38. The lowest BCUT2D eigenvalue weighted by molar-refractivity contribution is -0.153. The third-order valence-electron chi connectivity index (χ3n) is 2.95. The molecule has 1 fully saturated rings. The second kappa shape index (κ2) is 5.11. The van der Waals surface area contributed by atoms with Crippen LogP contribution in [0, 0.1) is 0 Å². The molecule has 0 aromatic heterocycles. The van der Waals surface area contributed by atoms with E-state index >= 15 is 0 Å². The first-order valence-corrected chi connectivity index (χ1v) is 6.46. The molecule has 1 aliphatic rings. The predicted octanol–water partition coefficient (Wildman–Crippen LogP) is 2.47. The van der Waals surface area contributed by atoms with Gasteiger partial charge in [0.2, 0.25) is 0 Å². The van der Waals surface area contributed by atoms with Gasteiger partial charge in [0.25, 0.3) is 0 Å². The molecule has 3 nitrogen and oxygen atoms in total. The van der Waals surface area contributed by atoms with Gasteiger partial charge in [0.15, 0.2) is 0 Å². The summed E-state index contributed by atoms with van der Waals surface area (Å²) in [6, 6.07) is 10.8. The highest BCUT2D eigenvalue weighted by molar-refractivity contribution is 5.72. The maximum absolute atomic E-state index is 11.5. The molecule has 2 unspecified atom stereocenters.